The van der Waals surface area contributed by atoms with Gasteiger partial charge in [0.2, 0.25) is 0 Å². The van der Waals surface area contributed by atoms with Crippen molar-refractivity contribution in [2.75, 3.05) is 32.5 Å². The van der Waals surface area contributed by atoms with E-state index in [4.69, 9.17) is 18.9 Å². The van der Waals surface area contributed by atoms with Crippen molar-refractivity contribution in [2.24, 2.45) is 7.05 Å². The van der Waals surface area contributed by atoms with Crippen molar-refractivity contribution in [1.29, 1.82) is 0 Å². The topological polar surface area (TPSA) is 92.1 Å². The van der Waals surface area contributed by atoms with Crippen LogP contribution in [0.15, 0.2) is 41.7 Å². The van der Waals surface area contributed by atoms with Gasteiger partial charge in [-0.1, -0.05) is 0 Å². The molecule has 1 aromatic heterocycles. The molecule has 0 saturated carbocycles. The molecule has 29 heavy (non-hydrogen) atoms. The first kappa shape index (κ1) is 20.4. The van der Waals surface area contributed by atoms with E-state index in [1.807, 2.05) is 20.2 Å². The maximum atomic E-state index is 12.3. The number of benzene rings is 1. The molecule has 9 heteroatoms. The molecule has 1 aromatic carbocycles. The van der Waals surface area contributed by atoms with Gasteiger partial charge in [-0.3, -0.25) is 4.68 Å². The van der Waals surface area contributed by atoms with Crippen molar-refractivity contribution in [3.8, 4) is 5.75 Å². The Kier molecular flexibility index (Phi) is 6.18. The minimum absolute atomic E-state index is 0.0285. The maximum absolute atomic E-state index is 12.3. The summed E-state index contributed by atoms with van der Waals surface area (Å²) in [4.78, 5) is 25.9. The van der Waals surface area contributed by atoms with Gasteiger partial charge in [0.25, 0.3) is 0 Å². The van der Waals surface area contributed by atoms with E-state index in [0.29, 0.717) is 18.0 Å². The molecule has 0 unspecified atom stereocenters. The normalized spacial score (nSPS) is 14.0. The van der Waals surface area contributed by atoms with Crippen LogP contribution < -0.4 is 9.64 Å². The van der Waals surface area contributed by atoms with Crippen LogP contribution in [-0.2, 0) is 37.5 Å². The molecule has 0 saturated heterocycles. The lowest BCUT2D eigenvalue weighted by Gasteiger charge is -2.31. The summed E-state index contributed by atoms with van der Waals surface area (Å²) in [6.45, 7) is 2.39. The van der Waals surface area contributed by atoms with Gasteiger partial charge >= 0.3 is 11.9 Å². The van der Waals surface area contributed by atoms with Crippen LogP contribution >= 0.6 is 0 Å². The molecule has 1 aliphatic heterocycles. The summed E-state index contributed by atoms with van der Waals surface area (Å²) >= 11 is 0. The summed E-state index contributed by atoms with van der Waals surface area (Å²) in [5, 5.41) is 4.29. The maximum Gasteiger partial charge on any atom is 0.355 e. The van der Waals surface area contributed by atoms with Crippen molar-refractivity contribution in [1.82, 2.24) is 9.78 Å². The van der Waals surface area contributed by atoms with E-state index in [0.717, 1.165) is 11.3 Å². The Morgan fingerprint density at radius 2 is 1.83 bits per heavy atom. The van der Waals surface area contributed by atoms with Crippen LogP contribution in [0.5, 0.6) is 5.75 Å². The van der Waals surface area contributed by atoms with Gasteiger partial charge < -0.3 is 23.8 Å². The van der Waals surface area contributed by atoms with Gasteiger partial charge in [0.15, 0.2) is 0 Å². The zero-order valence-electron chi connectivity index (χ0n) is 16.8. The zero-order chi connectivity index (χ0) is 21.0. The first-order valence-corrected chi connectivity index (χ1v) is 8.91. The SMILES string of the molecule is COC(=O)C1=C(C(=O)OC)N(c2ccc(OCc3cn(C)nc3C)cc2)COC1. The number of hydrogen-bond donors (Lipinski definition) is 0. The summed E-state index contributed by atoms with van der Waals surface area (Å²) in [5.41, 5.74) is 2.78. The Labute approximate surface area is 168 Å². The second-order valence-electron chi connectivity index (χ2n) is 6.41. The average molecular weight is 401 g/mol. The lowest BCUT2D eigenvalue weighted by Crippen LogP contribution is -2.38. The van der Waals surface area contributed by atoms with E-state index in [-0.39, 0.29) is 24.6 Å². The van der Waals surface area contributed by atoms with E-state index in [1.54, 1.807) is 33.8 Å². The molecule has 1 aliphatic rings. The van der Waals surface area contributed by atoms with E-state index < -0.39 is 11.9 Å². The van der Waals surface area contributed by atoms with Gasteiger partial charge in [-0.15, -0.1) is 0 Å². The number of rotatable bonds is 6. The van der Waals surface area contributed by atoms with Gasteiger partial charge in [-0.2, -0.15) is 5.10 Å². The Balaban J connectivity index is 1.81. The molecule has 0 bridgehead atoms. The highest BCUT2D eigenvalue weighted by Crippen LogP contribution is 2.28. The largest absolute Gasteiger partial charge is 0.489 e. The van der Waals surface area contributed by atoms with Crippen LogP contribution in [0, 0.1) is 6.92 Å². The fraction of sp³-hybridized carbons (Fsp3) is 0.350. The molecule has 3 rings (SSSR count). The van der Waals surface area contributed by atoms with E-state index >= 15 is 0 Å². The summed E-state index contributed by atoms with van der Waals surface area (Å²) in [6, 6.07) is 7.11. The zero-order valence-corrected chi connectivity index (χ0v) is 16.8. The Morgan fingerprint density at radius 1 is 1.14 bits per heavy atom. The summed E-state index contributed by atoms with van der Waals surface area (Å²) in [7, 11) is 4.37. The third-order valence-corrected chi connectivity index (χ3v) is 4.49. The summed E-state index contributed by atoms with van der Waals surface area (Å²) in [6.07, 6.45) is 1.91. The number of anilines is 1. The highest BCUT2D eigenvalue weighted by molar-refractivity contribution is 6.03. The van der Waals surface area contributed by atoms with Crippen molar-refractivity contribution >= 4 is 17.6 Å². The second kappa shape index (κ2) is 8.78. The first-order valence-electron chi connectivity index (χ1n) is 8.91. The molecule has 0 aliphatic carbocycles. The average Bonchev–Trinajstić information content (AvgIpc) is 3.07. The van der Waals surface area contributed by atoms with Crippen molar-refractivity contribution < 1.29 is 28.5 Å². The van der Waals surface area contributed by atoms with Crippen molar-refractivity contribution in [2.45, 2.75) is 13.5 Å². The quantitative estimate of drug-likeness (QED) is 0.676. The fourth-order valence-electron chi connectivity index (χ4n) is 3.02. The Bertz CT molecular complexity index is 932. The number of aromatic nitrogens is 2. The summed E-state index contributed by atoms with van der Waals surface area (Å²) in [5.74, 6) is -0.616. The third kappa shape index (κ3) is 4.40. The van der Waals surface area contributed by atoms with E-state index in [9.17, 15) is 9.59 Å². The van der Waals surface area contributed by atoms with Gasteiger partial charge in [-0.25, -0.2) is 9.59 Å². The van der Waals surface area contributed by atoms with Gasteiger partial charge in [0.05, 0.1) is 32.1 Å². The van der Waals surface area contributed by atoms with Gasteiger partial charge in [0.1, 0.15) is 24.8 Å². The smallest absolute Gasteiger partial charge is 0.355 e. The number of nitrogens with zero attached hydrogens (tertiary/aromatic N) is 3. The molecule has 0 N–H and O–H groups in total. The molecular formula is C20H23N3O6. The molecule has 2 heterocycles. The minimum atomic E-state index is -0.638. The molecule has 0 amide bonds. The van der Waals surface area contributed by atoms with Crippen molar-refractivity contribution in [3.63, 3.8) is 0 Å². The van der Waals surface area contributed by atoms with Crippen molar-refractivity contribution in [3.05, 3.63) is 53.0 Å². The first-order chi connectivity index (χ1) is 13.9. The predicted molar refractivity (Wildman–Crippen MR) is 103 cm³/mol. The predicted octanol–water partition coefficient (Wildman–Crippen LogP) is 1.70. The number of esters is 2. The number of methoxy groups -OCH3 is 2. The number of carbonyl (C=O) groups excluding carboxylic acids is 2. The second-order valence-corrected chi connectivity index (χ2v) is 6.41. The van der Waals surface area contributed by atoms with Crippen LogP contribution in [0.3, 0.4) is 0 Å². The van der Waals surface area contributed by atoms with E-state index in [1.165, 1.54) is 14.2 Å². The summed E-state index contributed by atoms with van der Waals surface area (Å²) < 4.78 is 22.7. The Hall–Kier alpha value is -3.33. The molecule has 0 fully saturated rings. The van der Waals surface area contributed by atoms with Gasteiger partial charge in [-0.05, 0) is 31.2 Å². The number of ether oxygens (including phenoxy) is 4. The molecule has 154 valence electrons. The lowest BCUT2D eigenvalue weighted by atomic mass is 10.1. The van der Waals surface area contributed by atoms with E-state index in [2.05, 4.69) is 5.10 Å². The molecule has 0 atom stereocenters. The number of aryl methyl sites for hydroxylation is 2. The fourth-order valence-corrected chi connectivity index (χ4v) is 3.02. The van der Waals surface area contributed by atoms with Gasteiger partial charge in [0, 0.05) is 24.5 Å². The number of hydrogen-bond acceptors (Lipinski definition) is 8. The highest BCUT2D eigenvalue weighted by atomic mass is 16.5. The number of carbonyl (C=O) groups is 2. The third-order valence-electron chi connectivity index (χ3n) is 4.49. The minimum Gasteiger partial charge on any atom is -0.489 e. The monoisotopic (exact) mass is 401 g/mol. The lowest BCUT2D eigenvalue weighted by molar-refractivity contribution is -0.140. The highest BCUT2D eigenvalue weighted by Gasteiger charge is 2.32. The molecule has 2 aromatic rings. The van der Waals surface area contributed by atoms with Crippen LogP contribution in [0.1, 0.15) is 11.3 Å². The molecule has 0 radical (unpaired) electrons. The van der Waals surface area contributed by atoms with Crippen LogP contribution in [0.25, 0.3) is 0 Å². The Morgan fingerprint density at radius 3 is 2.41 bits per heavy atom. The standard InChI is InChI=1S/C20H23N3O6/c1-13-14(9-22(2)21-13)10-29-16-7-5-15(6-8-16)23-12-28-11-17(19(24)26-3)18(23)20(25)27-4/h5-9H,10-12H2,1-4H3. The van der Waals surface area contributed by atoms with Crippen LogP contribution in [-0.4, -0.2) is 49.3 Å². The molecular weight excluding hydrogens is 378 g/mol. The van der Waals surface area contributed by atoms with Crippen LogP contribution in [0.2, 0.25) is 0 Å². The molecule has 9 nitrogen and oxygen atoms in total. The molecule has 0 spiro atoms. The van der Waals surface area contributed by atoms with Crippen LogP contribution in [0.4, 0.5) is 5.69 Å².